The van der Waals surface area contributed by atoms with Crippen molar-refractivity contribution in [2.45, 2.75) is 20.3 Å². The van der Waals surface area contributed by atoms with Gasteiger partial charge in [0.15, 0.2) is 0 Å². The molecule has 3 N–H and O–H groups in total. The second-order valence-corrected chi connectivity index (χ2v) is 4.15. The molecule has 0 bridgehead atoms. The minimum Gasteiger partial charge on any atom is -0.382 e. The maximum absolute atomic E-state index is 13.4. The minimum absolute atomic E-state index is 0.384. The predicted octanol–water partition coefficient (Wildman–Crippen LogP) is 1.24. The average Bonchev–Trinajstić information content (AvgIpc) is 2.96. The molecule has 0 amide bonds. The molecule has 17 heavy (non-hydrogen) atoms. The van der Waals surface area contributed by atoms with Gasteiger partial charge in [0.05, 0.1) is 23.5 Å². The Morgan fingerprint density at radius 1 is 1.65 bits per heavy atom. The van der Waals surface area contributed by atoms with Crippen LogP contribution in [0.5, 0.6) is 0 Å². The Morgan fingerprint density at radius 2 is 2.41 bits per heavy atom. The summed E-state index contributed by atoms with van der Waals surface area (Å²) in [7, 11) is 0. The van der Waals surface area contributed by atoms with Gasteiger partial charge in [0.25, 0.3) is 0 Å². The van der Waals surface area contributed by atoms with E-state index in [-0.39, 0.29) is 0 Å². The van der Waals surface area contributed by atoms with Crippen molar-refractivity contribution in [1.82, 2.24) is 20.3 Å². The van der Waals surface area contributed by atoms with E-state index in [9.17, 15) is 4.39 Å². The van der Waals surface area contributed by atoms with Crippen molar-refractivity contribution in [1.29, 1.82) is 0 Å². The predicted molar refractivity (Wildman–Crippen MR) is 63.0 cm³/mol. The van der Waals surface area contributed by atoms with Gasteiger partial charge in [0, 0.05) is 6.20 Å². The lowest BCUT2D eigenvalue weighted by Crippen LogP contribution is -2.30. The third-order valence-corrected chi connectivity index (χ3v) is 3.42. The average molecular weight is 237 g/mol. The minimum atomic E-state index is -0.657. The highest BCUT2D eigenvalue weighted by Crippen LogP contribution is 2.42. The summed E-state index contributed by atoms with van der Waals surface area (Å²) < 4.78 is 14.9. The molecule has 1 aromatic rings. The van der Waals surface area contributed by atoms with Crippen molar-refractivity contribution >= 4 is 5.82 Å². The third kappa shape index (κ3) is 1.60. The summed E-state index contributed by atoms with van der Waals surface area (Å²) in [6.07, 6.45) is 5.60. The zero-order valence-electron chi connectivity index (χ0n) is 9.94. The normalized spacial score (nSPS) is 26.6. The number of nitrogens with two attached hydrogens (primary N) is 1. The van der Waals surface area contributed by atoms with Gasteiger partial charge in [-0.15, -0.1) is 5.10 Å². The van der Waals surface area contributed by atoms with E-state index in [4.69, 9.17) is 5.73 Å². The van der Waals surface area contributed by atoms with E-state index in [1.165, 1.54) is 10.9 Å². The molecule has 0 aliphatic carbocycles. The molecular formula is C11H16FN5. The van der Waals surface area contributed by atoms with Crippen molar-refractivity contribution in [3.63, 3.8) is 0 Å². The highest BCUT2D eigenvalue weighted by atomic mass is 19.1. The molecule has 1 aliphatic rings. The first-order valence-corrected chi connectivity index (χ1v) is 5.52. The summed E-state index contributed by atoms with van der Waals surface area (Å²) in [4.78, 5) is 0. The SMILES string of the molecule is CC[C@]1(CF)C(C)=CN/C1=C(/N)n1ccnn1. The first-order chi connectivity index (χ1) is 8.15. The van der Waals surface area contributed by atoms with Crippen molar-refractivity contribution in [2.75, 3.05) is 6.67 Å². The number of hydrogen-bond acceptors (Lipinski definition) is 4. The Balaban J connectivity index is 2.50. The molecule has 5 nitrogen and oxygen atoms in total. The van der Waals surface area contributed by atoms with Crippen molar-refractivity contribution in [3.8, 4) is 0 Å². The van der Waals surface area contributed by atoms with Gasteiger partial charge in [-0.3, -0.25) is 0 Å². The Bertz CT molecular complexity index is 456. The number of allylic oxidation sites excluding steroid dienone is 1. The lowest BCUT2D eigenvalue weighted by Gasteiger charge is -2.28. The van der Waals surface area contributed by atoms with Gasteiger partial charge in [0.1, 0.15) is 12.5 Å². The van der Waals surface area contributed by atoms with E-state index in [0.29, 0.717) is 17.9 Å². The van der Waals surface area contributed by atoms with E-state index in [1.54, 1.807) is 12.4 Å². The van der Waals surface area contributed by atoms with Crippen LogP contribution in [-0.2, 0) is 0 Å². The standard InChI is InChI=1S/C11H16FN5/c1-3-11(7-12)8(2)6-14-9(11)10(13)17-5-4-15-16-17/h4-6,14H,3,7,13H2,1-2H3/b10-9-/t11-/m0/s1. The van der Waals surface area contributed by atoms with Crippen LogP contribution >= 0.6 is 0 Å². The van der Waals surface area contributed by atoms with E-state index in [1.807, 2.05) is 13.8 Å². The van der Waals surface area contributed by atoms with Crippen LogP contribution < -0.4 is 11.1 Å². The van der Waals surface area contributed by atoms with Gasteiger partial charge in [-0.25, -0.2) is 9.07 Å². The molecule has 2 heterocycles. The van der Waals surface area contributed by atoms with Crippen LogP contribution in [0.3, 0.4) is 0 Å². The van der Waals surface area contributed by atoms with Crippen LogP contribution in [0.1, 0.15) is 20.3 Å². The Kier molecular flexibility index (Phi) is 2.87. The highest BCUT2D eigenvalue weighted by Gasteiger charge is 2.40. The fourth-order valence-corrected chi connectivity index (χ4v) is 2.15. The topological polar surface area (TPSA) is 68.8 Å². The second kappa shape index (κ2) is 4.20. The van der Waals surface area contributed by atoms with Crippen LogP contribution in [0, 0.1) is 5.41 Å². The lowest BCUT2D eigenvalue weighted by atomic mass is 9.79. The van der Waals surface area contributed by atoms with Gasteiger partial charge in [-0.05, 0) is 18.9 Å². The smallest absolute Gasteiger partial charge is 0.147 e. The van der Waals surface area contributed by atoms with Crippen molar-refractivity contribution in [2.24, 2.45) is 11.1 Å². The molecule has 2 rings (SSSR count). The third-order valence-electron chi connectivity index (χ3n) is 3.42. The molecule has 1 atom stereocenters. The van der Waals surface area contributed by atoms with Crippen LogP contribution in [0.4, 0.5) is 4.39 Å². The second-order valence-electron chi connectivity index (χ2n) is 4.15. The quantitative estimate of drug-likeness (QED) is 0.829. The monoisotopic (exact) mass is 237 g/mol. The summed E-state index contributed by atoms with van der Waals surface area (Å²) in [5.74, 6) is 0.384. The molecular weight excluding hydrogens is 221 g/mol. The molecule has 0 unspecified atom stereocenters. The number of aromatic nitrogens is 3. The summed E-state index contributed by atoms with van der Waals surface area (Å²) in [6.45, 7) is 3.36. The number of alkyl halides is 1. The highest BCUT2D eigenvalue weighted by molar-refractivity contribution is 5.53. The first kappa shape index (κ1) is 11.6. The maximum atomic E-state index is 13.4. The summed E-state index contributed by atoms with van der Waals surface area (Å²) >= 11 is 0. The number of rotatable bonds is 3. The van der Waals surface area contributed by atoms with E-state index < -0.39 is 12.1 Å². The van der Waals surface area contributed by atoms with E-state index in [0.717, 1.165) is 5.57 Å². The zero-order valence-corrected chi connectivity index (χ0v) is 9.94. The van der Waals surface area contributed by atoms with Crippen LogP contribution in [0.15, 0.2) is 29.9 Å². The molecule has 0 spiro atoms. The molecule has 1 aromatic heterocycles. The van der Waals surface area contributed by atoms with Gasteiger partial charge in [-0.2, -0.15) is 0 Å². The zero-order chi connectivity index (χ0) is 12.5. The molecule has 0 saturated heterocycles. The largest absolute Gasteiger partial charge is 0.382 e. The Labute approximate surface area is 99.2 Å². The van der Waals surface area contributed by atoms with Crippen LogP contribution in [0.2, 0.25) is 0 Å². The van der Waals surface area contributed by atoms with Crippen molar-refractivity contribution < 1.29 is 4.39 Å². The molecule has 6 heteroatoms. The van der Waals surface area contributed by atoms with E-state index in [2.05, 4.69) is 15.6 Å². The van der Waals surface area contributed by atoms with Gasteiger partial charge in [0.2, 0.25) is 0 Å². The fourth-order valence-electron chi connectivity index (χ4n) is 2.15. The van der Waals surface area contributed by atoms with Gasteiger partial charge in [-0.1, -0.05) is 12.1 Å². The molecule has 0 radical (unpaired) electrons. The summed E-state index contributed by atoms with van der Waals surface area (Å²) in [5, 5.41) is 10.6. The summed E-state index contributed by atoms with van der Waals surface area (Å²) in [5.41, 5.74) is 6.96. The van der Waals surface area contributed by atoms with Crippen molar-refractivity contribution in [3.05, 3.63) is 29.9 Å². The Hall–Kier alpha value is -1.85. The molecule has 0 fully saturated rings. The van der Waals surface area contributed by atoms with Gasteiger partial charge < -0.3 is 11.1 Å². The Morgan fingerprint density at radius 3 is 2.94 bits per heavy atom. The molecule has 1 aliphatic heterocycles. The first-order valence-electron chi connectivity index (χ1n) is 5.52. The number of hydrogen-bond donors (Lipinski definition) is 2. The van der Waals surface area contributed by atoms with Crippen LogP contribution in [-0.4, -0.2) is 21.7 Å². The van der Waals surface area contributed by atoms with E-state index >= 15 is 0 Å². The number of halogens is 1. The molecule has 0 saturated carbocycles. The molecule has 92 valence electrons. The fraction of sp³-hybridized carbons (Fsp3) is 0.455. The maximum Gasteiger partial charge on any atom is 0.147 e. The summed E-state index contributed by atoms with van der Waals surface area (Å²) in [6, 6.07) is 0. The van der Waals surface area contributed by atoms with Crippen LogP contribution in [0.25, 0.3) is 5.82 Å². The molecule has 0 aromatic carbocycles. The number of nitrogens with one attached hydrogen (secondary N) is 1. The van der Waals surface area contributed by atoms with Gasteiger partial charge >= 0.3 is 0 Å². The number of nitrogens with zero attached hydrogens (tertiary/aromatic N) is 3. The lowest BCUT2D eigenvalue weighted by molar-refractivity contribution is 0.294.